The molecular formula is C18H14ClN3OS. The van der Waals surface area contributed by atoms with Crippen molar-refractivity contribution >= 4 is 34.9 Å². The van der Waals surface area contributed by atoms with E-state index >= 15 is 0 Å². The SMILES string of the molecule is O=C(/C=C/c1ccc(Cl)cc1)NCc1nccnc1-c1ccsc1. The van der Waals surface area contributed by atoms with Crippen LogP contribution in [0.15, 0.2) is 59.6 Å². The van der Waals surface area contributed by atoms with Crippen LogP contribution in [0.2, 0.25) is 5.02 Å². The van der Waals surface area contributed by atoms with Gasteiger partial charge < -0.3 is 5.32 Å². The van der Waals surface area contributed by atoms with Gasteiger partial charge in [-0.05, 0) is 35.2 Å². The van der Waals surface area contributed by atoms with Gasteiger partial charge in [0.15, 0.2) is 0 Å². The number of thiophene rings is 1. The number of halogens is 1. The van der Waals surface area contributed by atoms with E-state index in [-0.39, 0.29) is 5.91 Å². The Hall–Kier alpha value is -2.50. The highest BCUT2D eigenvalue weighted by atomic mass is 35.5. The van der Waals surface area contributed by atoms with Gasteiger partial charge in [-0.25, -0.2) is 0 Å². The molecule has 2 heterocycles. The minimum atomic E-state index is -0.188. The van der Waals surface area contributed by atoms with Crippen molar-refractivity contribution in [3.8, 4) is 11.3 Å². The van der Waals surface area contributed by atoms with Gasteiger partial charge >= 0.3 is 0 Å². The first kappa shape index (κ1) is 16.4. The summed E-state index contributed by atoms with van der Waals surface area (Å²) >= 11 is 7.43. The van der Waals surface area contributed by atoms with Gasteiger partial charge in [-0.3, -0.25) is 14.8 Å². The van der Waals surface area contributed by atoms with E-state index in [9.17, 15) is 4.79 Å². The Labute approximate surface area is 148 Å². The summed E-state index contributed by atoms with van der Waals surface area (Å²) in [6.45, 7) is 0.322. The molecule has 1 aromatic carbocycles. The first-order valence-electron chi connectivity index (χ1n) is 7.26. The van der Waals surface area contributed by atoms with Crippen LogP contribution in [-0.2, 0) is 11.3 Å². The van der Waals surface area contributed by atoms with Gasteiger partial charge in [0, 0.05) is 34.4 Å². The number of hydrogen-bond donors (Lipinski definition) is 1. The number of hydrogen-bond acceptors (Lipinski definition) is 4. The second-order valence-electron chi connectivity index (χ2n) is 4.97. The van der Waals surface area contributed by atoms with Crippen molar-refractivity contribution in [3.05, 3.63) is 75.8 Å². The molecule has 3 rings (SSSR count). The Morgan fingerprint density at radius 3 is 2.71 bits per heavy atom. The lowest BCUT2D eigenvalue weighted by Gasteiger charge is -2.06. The van der Waals surface area contributed by atoms with Crippen LogP contribution in [0.3, 0.4) is 0 Å². The summed E-state index contributed by atoms with van der Waals surface area (Å²) < 4.78 is 0. The Bertz CT molecular complexity index is 845. The summed E-state index contributed by atoms with van der Waals surface area (Å²) in [4.78, 5) is 20.7. The highest BCUT2D eigenvalue weighted by molar-refractivity contribution is 7.08. The molecule has 2 aromatic heterocycles. The fraction of sp³-hybridized carbons (Fsp3) is 0.0556. The summed E-state index contributed by atoms with van der Waals surface area (Å²) in [7, 11) is 0. The molecule has 0 bridgehead atoms. The summed E-state index contributed by atoms with van der Waals surface area (Å²) in [5.74, 6) is -0.188. The number of benzene rings is 1. The van der Waals surface area contributed by atoms with Crippen LogP contribution in [-0.4, -0.2) is 15.9 Å². The largest absolute Gasteiger partial charge is 0.347 e. The number of rotatable bonds is 5. The van der Waals surface area contributed by atoms with Crippen LogP contribution < -0.4 is 5.32 Å². The lowest BCUT2D eigenvalue weighted by Crippen LogP contribution is -2.21. The lowest BCUT2D eigenvalue weighted by molar-refractivity contribution is -0.116. The van der Waals surface area contributed by atoms with Gasteiger partial charge in [-0.15, -0.1) is 0 Å². The van der Waals surface area contributed by atoms with Crippen LogP contribution in [0.1, 0.15) is 11.3 Å². The van der Waals surface area contributed by atoms with Crippen molar-refractivity contribution in [1.29, 1.82) is 0 Å². The van der Waals surface area contributed by atoms with E-state index in [1.54, 1.807) is 41.9 Å². The molecule has 0 atom stereocenters. The van der Waals surface area contributed by atoms with E-state index in [2.05, 4.69) is 15.3 Å². The summed E-state index contributed by atoms with van der Waals surface area (Å²) in [5.41, 5.74) is 3.45. The molecule has 0 unspecified atom stereocenters. The first-order valence-corrected chi connectivity index (χ1v) is 8.58. The standard InChI is InChI=1S/C18H14ClN3OS/c19-15-4-1-13(2-5-15)3-6-17(23)22-11-16-18(21-9-8-20-16)14-7-10-24-12-14/h1-10,12H,11H2,(H,22,23)/b6-3+. The summed E-state index contributed by atoms with van der Waals surface area (Å²) in [6, 6.07) is 9.25. The Kier molecular flexibility index (Phi) is 5.36. The summed E-state index contributed by atoms with van der Waals surface area (Å²) in [6.07, 6.45) is 6.51. The molecular weight excluding hydrogens is 342 g/mol. The highest BCUT2D eigenvalue weighted by Crippen LogP contribution is 2.22. The lowest BCUT2D eigenvalue weighted by atomic mass is 10.2. The van der Waals surface area contributed by atoms with Crippen LogP contribution in [0.4, 0.5) is 0 Å². The molecule has 1 N–H and O–H groups in total. The second kappa shape index (κ2) is 7.86. The molecule has 0 saturated carbocycles. The monoisotopic (exact) mass is 355 g/mol. The third-order valence-electron chi connectivity index (χ3n) is 3.30. The van der Waals surface area contributed by atoms with Crippen LogP contribution in [0.25, 0.3) is 17.3 Å². The Balaban J connectivity index is 1.64. The molecule has 6 heteroatoms. The average molecular weight is 356 g/mol. The third-order valence-corrected chi connectivity index (χ3v) is 4.23. The zero-order chi connectivity index (χ0) is 16.8. The number of carbonyl (C=O) groups excluding carboxylic acids is 1. The molecule has 120 valence electrons. The Morgan fingerprint density at radius 2 is 1.96 bits per heavy atom. The molecule has 0 aliphatic rings. The zero-order valence-corrected chi connectivity index (χ0v) is 14.2. The highest BCUT2D eigenvalue weighted by Gasteiger charge is 2.08. The van der Waals surface area contributed by atoms with Crippen molar-refractivity contribution in [3.63, 3.8) is 0 Å². The number of carbonyl (C=O) groups is 1. The third kappa shape index (κ3) is 4.28. The minimum Gasteiger partial charge on any atom is -0.347 e. The fourth-order valence-corrected chi connectivity index (χ4v) is 2.88. The minimum absolute atomic E-state index is 0.188. The van der Waals surface area contributed by atoms with E-state index in [1.165, 1.54) is 6.08 Å². The Morgan fingerprint density at radius 1 is 1.17 bits per heavy atom. The number of nitrogens with zero attached hydrogens (tertiary/aromatic N) is 2. The van der Waals surface area contributed by atoms with E-state index in [0.717, 1.165) is 22.5 Å². The molecule has 1 amide bonds. The predicted octanol–water partition coefficient (Wildman–Crippen LogP) is 4.19. The van der Waals surface area contributed by atoms with Crippen LogP contribution in [0, 0.1) is 0 Å². The number of nitrogens with one attached hydrogen (secondary N) is 1. The molecule has 4 nitrogen and oxygen atoms in total. The maximum atomic E-state index is 12.0. The van der Waals surface area contributed by atoms with E-state index < -0.39 is 0 Å². The normalized spacial score (nSPS) is 10.9. The van der Waals surface area contributed by atoms with Crippen molar-refractivity contribution in [2.75, 3.05) is 0 Å². The van der Waals surface area contributed by atoms with Gasteiger partial charge in [0.05, 0.1) is 17.9 Å². The van der Waals surface area contributed by atoms with Crippen LogP contribution >= 0.6 is 22.9 Å². The van der Waals surface area contributed by atoms with Gasteiger partial charge in [-0.2, -0.15) is 11.3 Å². The zero-order valence-electron chi connectivity index (χ0n) is 12.6. The smallest absolute Gasteiger partial charge is 0.244 e. The average Bonchev–Trinajstić information content (AvgIpc) is 3.14. The van der Waals surface area contributed by atoms with E-state index in [4.69, 9.17) is 11.6 Å². The van der Waals surface area contributed by atoms with Crippen molar-refractivity contribution in [2.45, 2.75) is 6.54 Å². The molecule has 0 spiro atoms. The van der Waals surface area contributed by atoms with E-state index in [0.29, 0.717) is 11.6 Å². The van der Waals surface area contributed by atoms with Gasteiger partial charge in [-0.1, -0.05) is 23.7 Å². The van der Waals surface area contributed by atoms with Gasteiger partial charge in [0.2, 0.25) is 5.91 Å². The predicted molar refractivity (Wildman–Crippen MR) is 97.7 cm³/mol. The van der Waals surface area contributed by atoms with Gasteiger partial charge in [0.25, 0.3) is 0 Å². The first-order chi connectivity index (χ1) is 11.7. The summed E-state index contributed by atoms with van der Waals surface area (Å²) in [5, 5.41) is 7.50. The fourth-order valence-electron chi connectivity index (χ4n) is 2.11. The van der Waals surface area contributed by atoms with Crippen molar-refractivity contribution in [1.82, 2.24) is 15.3 Å². The van der Waals surface area contributed by atoms with Gasteiger partial charge in [0.1, 0.15) is 0 Å². The number of amides is 1. The maximum absolute atomic E-state index is 12.0. The topological polar surface area (TPSA) is 54.9 Å². The van der Waals surface area contributed by atoms with E-state index in [1.807, 2.05) is 29.0 Å². The molecule has 0 aliphatic carbocycles. The molecule has 0 fully saturated rings. The number of aromatic nitrogens is 2. The van der Waals surface area contributed by atoms with Crippen LogP contribution in [0.5, 0.6) is 0 Å². The molecule has 0 saturated heterocycles. The quantitative estimate of drug-likeness (QED) is 0.698. The molecule has 0 radical (unpaired) electrons. The second-order valence-corrected chi connectivity index (χ2v) is 6.18. The molecule has 0 aliphatic heterocycles. The van der Waals surface area contributed by atoms with Crippen molar-refractivity contribution in [2.24, 2.45) is 0 Å². The molecule has 3 aromatic rings. The molecule has 24 heavy (non-hydrogen) atoms. The van der Waals surface area contributed by atoms with Crippen molar-refractivity contribution < 1.29 is 4.79 Å². The maximum Gasteiger partial charge on any atom is 0.244 e.